The quantitative estimate of drug-likeness (QED) is 0.616. The van der Waals surface area contributed by atoms with E-state index in [0.717, 1.165) is 25.4 Å². The summed E-state index contributed by atoms with van der Waals surface area (Å²) in [6.07, 6.45) is 0. The van der Waals surface area contributed by atoms with Crippen LogP contribution >= 0.6 is 27.7 Å². The summed E-state index contributed by atoms with van der Waals surface area (Å²) in [5.41, 5.74) is 0. The largest absolute Gasteiger partial charge is 0.383 e. The third-order valence-electron chi connectivity index (χ3n) is 1.86. The van der Waals surface area contributed by atoms with Crippen LogP contribution in [0, 0.1) is 0 Å². The molecule has 4 heteroatoms. The fourth-order valence-corrected chi connectivity index (χ4v) is 2.57. The first kappa shape index (κ1) is 13.0. The third-order valence-corrected chi connectivity index (χ3v) is 3.89. The Balaban J connectivity index is 2.12. The first-order valence-corrected chi connectivity index (χ1v) is 6.69. The van der Waals surface area contributed by atoms with Crippen LogP contribution in [-0.4, -0.2) is 32.6 Å². The molecular formula is C11H16BrNOS. The smallest absolute Gasteiger partial charge is 0.0587 e. The van der Waals surface area contributed by atoms with E-state index in [1.807, 2.05) is 17.8 Å². The molecule has 0 saturated carbocycles. The second kappa shape index (κ2) is 8.16. The topological polar surface area (TPSA) is 21.3 Å². The number of halogens is 1. The van der Waals surface area contributed by atoms with Gasteiger partial charge in [0, 0.05) is 35.3 Å². The molecule has 0 radical (unpaired) electrons. The van der Waals surface area contributed by atoms with Crippen molar-refractivity contribution in [1.82, 2.24) is 5.32 Å². The standard InChI is InChI=1S/C11H16BrNOS/c1-14-8-6-13-7-9-15-11-5-3-2-4-10(11)12/h2-5,13H,6-9H2,1H3. The first-order valence-electron chi connectivity index (χ1n) is 4.91. The molecule has 0 amide bonds. The summed E-state index contributed by atoms with van der Waals surface area (Å²) >= 11 is 5.38. The number of hydrogen-bond acceptors (Lipinski definition) is 3. The minimum Gasteiger partial charge on any atom is -0.383 e. The van der Waals surface area contributed by atoms with E-state index in [2.05, 4.69) is 39.4 Å². The Morgan fingerprint density at radius 1 is 1.33 bits per heavy atom. The SMILES string of the molecule is COCCNCCSc1ccccc1Br. The van der Waals surface area contributed by atoms with Crippen LogP contribution in [0.25, 0.3) is 0 Å². The van der Waals surface area contributed by atoms with Gasteiger partial charge in [-0.1, -0.05) is 12.1 Å². The predicted molar refractivity (Wildman–Crippen MR) is 69.6 cm³/mol. The van der Waals surface area contributed by atoms with Gasteiger partial charge in [-0.15, -0.1) is 11.8 Å². The summed E-state index contributed by atoms with van der Waals surface area (Å²) in [5, 5.41) is 3.31. The van der Waals surface area contributed by atoms with Crippen LogP contribution in [0.2, 0.25) is 0 Å². The molecule has 1 N–H and O–H groups in total. The van der Waals surface area contributed by atoms with Crippen molar-refractivity contribution in [1.29, 1.82) is 0 Å². The second-order valence-electron chi connectivity index (χ2n) is 3.02. The Labute approximate surface area is 104 Å². The molecule has 84 valence electrons. The summed E-state index contributed by atoms with van der Waals surface area (Å²) in [4.78, 5) is 1.30. The van der Waals surface area contributed by atoms with Gasteiger partial charge in [-0.2, -0.15) is 0 Å². The molecule has 0 unspecified atom stereocenters. The molecular weight excluding hydrogens is 274 g/mol. The van der Waals surface area contributed by atoms with E-state index in [9.17, 15) is 0 Å². The van der Waals surface area contributed by atoms with Crippen LogP contribution in [0.3, 0.4) is 0 Å². The van der Waals surface area contributed by atoms with Crippen LogP contribution < -0.4 is 5.32 Å². The number of thioether (sulfide) groups is 1. The molecule has 0 spiro atoms. The Morgan fingerprint density at radius 2 is 2.13 bits per heavy atom. The molecule has 0 aliphatic heterocycles. The zero-order chi connectivity index (χ0) is 10.9. The summed E-state index contributed by atoms with van der Waals surface area (Å²) in [6, 6.07) is 8.29. The molecule has 15 heavy (non-hydrogen) atoms. The summed E-state index contributed by atoms with van der Waals surface area (Å²) in [5.74, 6) is 1.08. The van der Waals surface area contributed by atoms with Crippen molar-refractivity contribution in [2.45, 2.75) is 4.90 Å². The zero-order valence-corrected chi connectivity index (χ0v) is 11.2. The lowest BCUT2D eigenvalue weighted by Crippen LogP contribution is -2.21. The highest BCUT2D eigenvalue weighted by Gasteiger charge is 1.97. The number of rotatable bonds is 7. The Kier molecular flexibility index (Phi) is 7.09. The van der Waals surface area contributed by atoms with Crippen LogP contribution in [-0.2, 0) is 4.74 Å². The van der Waals surface area contributed by atoms with Crippen molar-refractivity contribution in [3.8, 4) is 0 Å². The van der Waals surface area contributed by atoms with E-state index in [0.29, 0.717) is 0 Å². The number of benzene rings is 1. The molecule has 0 fully saturated rings. The summed E-state index contributed by atoms with van der Waals surface area (Å²) in [7, 11) is 1.72. The average Bonchev–Trinajstić information content (AvgIpc) is 2.25. The molecule has 0 aliphatic rings. The Morgan fingerprint density at radius 3 is 2.87 bits per heavy atom. The number of nitrogens with one attached hydrogen (secondary N) is 1. The predicted octanol–water partition coefficient (Wildman–Crippen LogP) is 2.78. The molecule has 0 aliphatic carbocycles. The van der Waals surface area contributed by atoms with Gasteiger partial charge in [-0.25, -0.2) is 0 Å². The van der Waals surface area contributed by atoms with Gasteiger partial charge in [0.1, 0.15) is 0 Å². The molecule has 0 aromatic heterocycles. The van der Waals surface area contributed by atoms with Crippen LogP contribution in [0.5, 0.6) is 0 Å². The monoisotopic (exact) mass is 289 g/mol. The van der Waals surface area contributed by atoms with Crippen molar-refractivity contribution in [3.63, 3.8) is 0 Å². The molecule has 1 rings (SSSR count). The molecule has 0 saturated heterocycles. The van der Waals surface area contributed by atoms with Gasteiger partial charge in [-0.05, 0) is 28.1 Å². The van der Waals surface area contributed by atoms with Gasteiger partial charge in [0.15, 0.2) is 0 Å². The van der Waals surface area contributed by atoms with E-state index in [4.69, 9.17) is 4.74 Å². The highest BCUT2D eigenvalue weighted by atomic mass is 79.9. The van der Waals surface area contributed by atoms with Crippen molar-refractivity contribution in [2.24, 2.45) is 0 Å². The maximum atomic E-state index is 4.95. The van der Waals surface area contributed by atoms with Gasteiger partial charge in [0.2, 0.25) is 0 Å². The fraction of sp³-hybridized carbons (Fsp3) is 0.455. The van der Waals surface area contributed by atoms with Crippen LogP contribution in [0.4, 0.5) is 0 Å². The lowest BCUT2D eigenvalue weighted by Gasteiger charge is -2.05. The molecule has 0 atom stereocenters. The Hall–Kier alpha value is -0.0300. The fourth-order valence-electron chi connectivity index (χ4n) is 1.09. The molecule has 2 nitrogen and oxygen atoms in total. The molecule has 0 bridgehead atoms. The van der Waals surface area contributed by atoms with E-state index in [1.165, 1.54) is 9.37 Å². The number of methoxy groups -OCH3 is 1. The number of hydrogen-bond donors (Lipinski definition) is 1. The van der Waals surface area contributed by atoms with E-state index < -0.39 is 0 Å². The molecule has 1 aromatic carbocycles. The molecule has 0 heterocycles. The van der Waals surface area contributed by atoms with Gasteiger partial charge in [0.05, 0.1) is 6.61 Å². The van der Waals surface area contributed by atoms with Gasteiger partial charge in [0.25, 0.3) is 0 Å². The van der Waals surface area contributed by atoms with Crippen LogP contribution in [0.15, 0.2) is 33.6 Å². The normalized spacial score (nSPS) is 10.5. The van der Waals surface area contributed by atoms with Gasteiger partial charge < -0.3 is 10.1 Å². The van der Waals surface area contributed by atoms with Crippen molar-refractivity contribution in [2.75, 3.05) is 32.6 Å². The van der Waals surface area contributed by atoms with Crippen molar-refractivity contribution < 1.29 is 4.74 Å². The molecule has 1 aromatic rings. The minimum absolute atomic E-state index is 0.777. The first-order chi connectivity index (χ1) is 7.34. The maximum Gasteiger partial charge on any atom is 0.0587 e. The Bertz CT molecular complexity index is 283. The van der Waals surface area contributed by atoms with Gasteiger partial charge in [-0.3, -0.25) is 0 Å². The summed E-state index contributed by atoms with van der Waals surface area (Å²) in [6.45, 7) is 2.71. The van der Waals surface area contributed by atoms with Gasteiger partial charge >= 0.3 is 0 Å². The second-order valence-corrected chi connectivity index (χ2v) is 5.01. The summed E-state index contributed by atoms with van der Waals surface area (Å²) < 4.78 is 6.12. The minimum atomic E-state index is 0.777. The highest BCUT2D eigenvalue weighted by Crippen LogP contribution is 2.26. The van der Waals surface area contributed by atoms with Crippen molar-refractivity contribution in [3.05, 3.63) is 28.7 Å². The van der Waals surface area contributed by atoms with E-state index >= 15 is 0 Å². The lowest BCUT2D eigenvalue weighted by atomic mass is 10.4. The third kappa shape index (κ3) is 5.56. The average molecular weight is 290 g/mol. The van der Waals surface area contributed by atoms with Crippen molar-refractivity contribution >= 4 is 27.7 Å². The maximum absolute atomic E-state index is 4.95. The van der Waals surface area contributed by atoms with Crippen LogP contribution in [0.1, 0.15) is 0 Å². The lowest BCUT2D eigenvalue weighted by molar-refractivity contribution is 0.200. The zero-order valence-electron chi connectivity index (χ0n) is 8.83. The number of ether oxygens (including phenoxy) is 1. The van der Waals surface area contributed by atoms with E-state index in [1.54, 1.807) is 7.11 Å². The highest BCUT2D eigenvalue weighted by molar-refractivity contribution is 9.10. The van der Waals surface area contributed by atoms with E-state index in [-0.39, 0.29) is 0 Å².